The number of nitrogens with two attached hydrogens (primary N) is 1. The van der Waals surface area contributed by atoms with Crippen LogP contribution in [0.25, 0.3) is 0 Å². The van der Waals surface area contributed by atoms with Crippen molar-refractivity contribution >= 4 is 12.0 Å². The first kappa shape index (κ1) is 56.6. The van der Waals surface area contributed by atoms with E-state index in [-0.39, 0.29) is 30.9 Å². The van der Waals surface area contributed by atoms with Crippen LogP contribution in [0.15, 0.2) is 0 Å². The van der Waals surface area contributed by atoms with Crippen molar-refractivity contribution in [1.29, 1.82) is 0 Å². The molecule has 0 radical (unpaired) electrons. The molecule has 356 valence electrons. The number of unbranched alkanes of at least 4 members (excludes halogenated alkanes) is 31. The molecule has 0 aliphatic carbocycles. The predicted octanol–water partition coefficient (Wildman–Crippen LogP) is 12.1. The van der Waals surface area contributed by atoms with Crippen LogP contribution in [0.1, 0.15) is 245 Å². The normalized spacial score (nSPS) is 15.9. The molecular weight excluding hydrogens is 751 g/mol. The van der Waals surface area contributed by atoms with Gasteiger partial charge in [0.1, 0.15) is 18.8 Å². The quantitative estimate of drug-likeness (QED) is 0.0300. The highest BCUT2D eigenvalue weighted by atomic mass is 16.6. The molecule has 1 aliphatic rings. The molecule has 1 fully saturated rings. The Bertz CT molecular complexity index is 929. The molecule has 1 aliphatic heterocycles. The van der Waals surface area contributed by atoms with Gasteiger partial charge in [0.05, 0.1) is 18.9 Å². The molecule has 1 heterocycles. The van der Waals surface area contributed by atoms with Crippen LogP contribution in [0, 0.1) is 0 Å². The summed E-state index contributed by atoms with van der Waals surface area (Å²) in [5.41, 5.74) is 5.88. The zero-order valence-corrected chi connectivity index (χ0v) is 39.9. The summed E-state index contributed by atoms with van der Waals surface area (Å²) in [4.78, 5) is 26.4. The molecule has 0 spiro atoms. The molecular formula is C50H101N5O5. The summed E-state index contributed by atoms with van der Waals surface area (Å²) < 4.78 is 18.0. The van der Waals surface area contributed by atoms with E-state index < -0.39 is 12.1 Å². The van der Waals surface area contributed by atoms with Gasteiger partial charge in [-0.15, -0.1) is 0 Å². The Labute approximate surface area is 371 Å². The molecule has 4 unspecified atom stereocenters. The molecule has 0 saturated carbocycles. The van der Waals surface area contributed by atoms with Gasteiger partial charge in [-0.05, 0) is 32.2 Å². The number of hydrogen-bond acceptors (Lipinski definition) is 8. The summed E-state index contributed by atoms with van der Waals surface area (Å²) in [6, 6.07) is -0.703. The van der Waals surface area contributed by atoms with Crippen LogP contribution in [0.5, 0.6) is 0 Å². The Morgan fingerprint density at radius 1 is 0.533 bits per heavy atom. The van der Waals surface area contributed by atoms with Gasteiger partial charge in [-0.3, -0.25) is 15.4 Å². The second kappa shape index (κ2) is 44.2. The zero-order valence-electron chi connectivity index (χ0n) is 39.9. The minimum atomic E-state index is -0.703. The third kappa shape index (κ3) is 38.2. The van der Waals surface area contributed by atoms with E-state index in [4.69, 9.17) is 19.9 Å². The van der Waals surface area contributed by atoms with E-state index in [0.717, 1.165) is 32.1 Å². The Kier molecular flexibility index (Phi) is 41.6. The van der Waals surface area contributed by atoms with Crippen molar-refractivity contribution < 1.29 is 23.8 Å². The third-order valence-electron chi connectivity index (χ3n) is 12.1. The molecule has 1 saturated heterocycles. The van der Waals surface area contributed by atoms with Crippen molar-refractivity contribution in [2.24, 2.45) is 5.73 Å². The lowest BCUT2D eigenvalue weighted by Gasteiger charge is -2.21. The van der Waals surface area contributed by atoms with Crippen LogP contribution in [0.4, 0.5) is 4.79 Å². The Morgan fingerprint density at radius 3 is 1.37 bits per heavy atom. The van der Waals surface area contributed by atoms with Crippen molar-refractivity contribution in [2.75, 3.05) is 39.5 Å². The van der Waals surface area contributed by atoms with Gasteiger partial charge in [-0.2, -0.15) is 0 Å². The van der Waals surface area contributed by atoms with Crippen molar-refractivity contribution in [1.82, 2.24) is 21.3 Å². The number of alkyl carbamates (subject to hydrolysis) is 1. The minimum Gasteiger partial charge on any atom is -0.447 e. The van der Waals surface area contributed by atoms with Crippen molar-refractivity contribution in [3.8, 4) is 0 Å². The Hall–Kier alpha value is -1.46. The van der Waals surface area contributed by atoms with Gasteiger partial charge >= 0.3 is 6.09 Å². The average molecular weight is 852 g/mol. The van der Waals surface area contributed by atoms with Gasteiger partial charge in [0.2, 0.25) is 5.91 Å². The highest BCUT2D eigenvalue weighted by molar-refractivity contribution is 5.85. The van der Waals surface area contributed by atoms with E-state index in [1.165, 1.54) is 186 Å². The number of carbonyl (C=O) groups is 2. The van der Waals surface area contributed by atoms with Gasteiger partial charge in [0.25, 0.3) is 0 Å². The molecule has 0 bridgehead atoms. The number of ether oxygens (including phenoxy) is 3. The molecule has 0 aromatic heterocycles. The Balaban J connectivity index is 2.45. The smallest absolute Gasteiger partial charge is 0.407 e. The summed E-state index contributed by atoms with van der Waals surface area (Å²) in [5.74, 6) is -0.176. The minimum absolute atomic E-state index is 0.0463. The lowest BCUT2D eigenvalue weighted by atomic mass is 10.1. The molecule has 0 aromatic carbocycles. The van der Waals surface area contributed by atoms with Gasteiger partial charge < -0.3 is 30.6 Å². The average Bonchev–Trinajstić information content (AvgIpc) is 3.96. The predicted molar refractivity (Wildman–Crippen MR) is 253 cm³/mol. The second-order valence-electron chi connectivity index (χ2n) is 18.0. The summed E-state index contributed by atoms with van der Waals surface area (Å²) in [6.45, 7) is 9.76. The first-order valence-corrected chi connectivity index (χ1v) is 26.2. The van der Waals surface area contributed by atoms with Crippen LogP contribution in [0.2, 0.25) is 0 Å². The highest BCUT2D eigenvalue weighted by Crippen LogP contribution is 2.15. The summed E-state index contributed by atoms with van der Waals surface area (Å²) in [7, 11) is 0. The maximum Gasteiger partial charge on any atom is 0.407 e. The lowest BCUT2D eigenvalue weighted by molar-refractivity contribution is -0.123. The first-order chi connectivity index (χ1) is 29.5. The van der Waals surface area contributed by atoms with Gasteiger partial charge in [-0.25, -0.2) is 4.79 Å². The second-order valence-corrected chi connectivity index (χ2v) is 18.0. The van der Waals surface area contributed by atoms with Crippen LogP contribution >= 0.6 is 0 Å². The van der Waals surface area contributed by atoms with Crippen molar-refractivity contribution in [3.63, 3.8) is 0 Å². The van der Waals surface area contributed by atoms with E-state index in [2.05, 4.69) is 42.0 Å². The van der Waals surface area contributed by atoms with Crippen molar-refractivity contribution in [3.05, 3.63) is 0 Å². The molecule has 4 atom stereocenters. The SMILES string of the molecule is CCCCCCCCCCCCCCNC(=O)C(CCNC1NC1N)NC(=O)OCC(COCCCCCCCCCCCC)OCCCCCCCCCCCCCC. The van der Waals surface area contributed by atoms with Crippen molar-refractivity contribution in [2.45, 2.75) is 270 Å². The molecule has 6 N–H and O–H groups in total. The fourth-order valence-corrected chi connectivity index (χ4v) is 7.89. The lowest BCUT2D eigenvalue weighted by Crippen LogP contribution is -2.49. The molecule has 10 nitrogen and oxygen atoms in total. The number of hydrogen-bond donors (Lipinski definition) is 5. The fourth-order valence-electron chi connectivity index (χ4n) is 7.89. The highest BCUT2D eigenvalue weighted by Gasteiger charge is 2.32. The molecule has 2 amide bonds. The monoisotopic (exact) mass is 852 g/mol. The summed E-state index contributed by atoms with van der Waals surface area (Å²) in [6.07, 6.45) is 43.2. The number of carbonyl (C=O) groups excluding carboxylic acids is 2. The van der Waals surface area contributed by atoms with E-state index in [9.17, 15) is 9.59 Å². The third-order valence-corrected chi connectivity index (χ3v) is 12.1. The molecule has 0 aromatic rings. The van der Waals surface area contributed by atoms with Crippen LogP contribution < -0.4 is 27.0 Å². The van der Waals surface area contributed by atoms with Gasteiger partial charge in [-0.1, -0.05) is 220 Å². The van der Waals surface area contributed by atoms with Crippen LogP contribution in [0.3, 0.4) is 0 Å². The molecule has 1 rings (SSSR count). The van der Waals surface area contributed by atoms with E-state index in [1.807, 2.05) is 0 Å². The van der Waals surface area contributed by atoms with Crippen LogP contribution in [-0.2, 0) is 19.0 Å². The number of rotatable bonds is 48. The largest absolute Gasteiger partial charge is 0.447 e. The summed E-state index contributed by atoms with van der Waals surface area (Å²) in [5, 5.41) is 12.3. The number of amides is 2. The van der Waals surface area contributed by atoms with E-state index in [1.54, 1.807) is 0 Å². The van der Waals surface area contributed by atoms with Crippen LogP contribution in [-0.4, -0.2) is 76.0 Å². The fraction of sp³-hybridized carbons (Fsp3) is 0.960. The van der Waals surface area contributed by atoms with Gasteiger partial charge in [0.15, 0.2) is 0 Å². The molecule has 60 heavy (non-hydrogen) atoms. The summed E-state index contributed by atoms with van der Waals surface area (Å²) >= 11 is 0. The maximum atomic E-state index is 13.3. The Morgan fingerprint density at radius 2 is 0.933 bits per heavy atom. The standard InChI is InChI=1S/C50H101N5O5/c1-4-7-10-13-16-19-22-24-26-29-32-35-39-53-49(56)46(38-40-52-48-47(51)55-48)54-50(57)60-44-45(43-58-41-36-33-30-27-21-18-15-12-9-6-3)59-42-37-34-31-28-25-23-20-17-14-11-8-5-2/h45-48,52,55H,4-44,51H2,1-3H3,(H,53,56)(H,54,57). The first-order valence-electron chi connectivity index (χ1n) is 26.2. The van der Waals surface area contributed by atoms with E-state index in [0.29, 0.717) is 39.3 Å². The topological polar surface area (TPSA) is 146 Å². The maximum absolute atomic E-state index is 13.3. The molecule has 10 heteroatoms. The van der Waals surface area contributed by atoms with E-state index >= 15 is 0 Å². The number of nitrogens with one attached hydrogen (secondary N) is 4. The zero-order chi connectivity index (χ0) is 43.4. The van der Waals surface area contributed by atoms with Gasteiger partial charge in [0, 0.05) is 19.8 Å².